The van der Waals surface area contributed by atoms with Crippen LogP contribution in [0.5, 0.6) is 6.01 Å². The lowest BCUT2D eigenvalue weighted by molar-refractivity contribution is -0.154. The minimum Gasteiger partial charge on any atom is -0.454 e. The number of nitrogens with one attached hydrogen (secondary N) is 1. The van der Waals surface area contributed by atoms with Crippen LogP contribution in [0.2, 0.25) is 0 Å². The first-order chi connectivity index (χ1) is 8.28. The Morgan fingerprint density at radius 3 is 2.56 bits per heavy atom. The van der Waals surface area contributed by atoms with Crippen molar-refractivity contribution in [3.05, 3.63) is 17.5 Å². The molecular formula is C11H16F3N3O. The van der Waals surface area contributed by atoms with Gasteiger partial charge in [0.05, 0.1) is 0 Å². The van der Waals surface area contributed by atoms with E-state index in [9.17, 15) is 13.2 Å². The highest BCUT2D eigenvalue weighted by atomic mass is 19.4. The van der Waals surface area contributed by atoms with Crippen molar-refractivity contribution in [2.24, 2.45) is 0 Å². The Kier molecular flexibility index (Phi) is 4.89. The quantitative estimate of drug-likeness (QED) is 0.885. The molecule has 102 valence electrons. The van der Waals surface area contributed by atoms with Crippen LogP contribution in [0.3, 0.4) is 0 Å². The van der Waals surface area contributed by atoms with Crippen LogP contribution >= 0.6 is 0 Å². The van der Waals surface area contributed by atoms with Crippen molar-refractivity contribution in [3.8, 4) is 6.01 Å². The van der Waals surface area contributed by atoms with Crippen LogP contribution in [0, 0.1) is 6.92 Å². The number of aromatic nitrogens is 2. The first-order valence-electron chi connectivity index (χ1n) is 5.53. The van der Waals surface area contributed by atoms with E-state index in [2.05, 4.69) is 20.0 Å². The lowest BCUT2D eigenvalue weighted by Gasteiger charge is -2.11. The average molecular weight is 263 g/mol. The van der Waals surface area contributed by atoms with Gasteiger partial charge in [-0.1, -0.05) is 13.8 Å². The summed E-state index contributed by atoms with van der Waals surface area (Å²) in [5.74, 6) is 0. The third-order valence-corrected chi connectivity index (χ3v) is 2.12. The number of halogens is 3. The zero-order valence-corrected chi connectivity index (χ0v) is 10.5. The molecule has 1 rings (SSSR count). The van der Waals surface area contributed by atoms with Gasteiger partial charge in [0.2, 0.25) is 0 Å². The normalized spacial score (nSPS) is 11.9. The Hall–Kier alpha value is -1.37. The van der Waals surface area contributed by atoms with Gasteiger partial charge >= 0.3 is 12.2 Å². The first-order valence-corrected chi connectivity index (χ1v) is 5.53. The summed E-state index contributed by atoms with van der Waals surface area (Å²) in [7, 11) is 0. The number of aryl methyl sites for hydroxylation is 1. The molecule has 4 nitrogen and oxygen atoms in total. The number of ether oxygens (including phenoxy) is 1. The van der Waals surface area contributed by atoms with Crippen molar-refractivity contribution in [3.63, 3.8) is 0 Å². The summed E-state index contributed by atoms with van der Waals surface area (Å²) in [6.07, 6.45) is -2.90. The maximum absolute atomic E-state index is 11.9. The third kappa shape index (κ3) is 5.31. The van der Waals surface area contributed by atoms with Crippen LogP contribution in [-0.2, 0) is 6.54 Å². The van der Waals surface area contributed by atoms with Crippen LogP contribution in [0.1, 0.15) is 25.1 Å². The van der Waals surface area contributed by atoms with E-state index < -0.39 is 12.8 Å². The van der Waals surface area contributed by atoms with Crippen LogP contribution in [-0.4, -0.2) is 28.8 Å². The number of hydrogen-bond donors (Lipinski definition) is 1. The van der Waals surface area contributed by atoms with Gasteiger partial charge < -0.3 is 10.1 Å². The Labute approximate surface area is 104 Å². The Morgan fingerprint density at radius 1 is 1.39 bits per heavy atom. The van der Waals surface area contributed by atoms with Crippen LogP contribution in [0.25, 0.3) is 0 Å². The molecule has 1 heterocycles. The number of rotatable bonds is 5. The fourth-order valence-corrected chi connectivity index (χ4v) is 1.17. The monoisotopic (exact) mass is 263 g/mol. The predicted octanol–water partition coefficient (Wildman–Crippen LogP) is 2.22. The Balaban J connectivity index is 2.62. The van der Waals surface area contributed by atoms with Crippen molar-refractivity contribution < 1.29 is 17.9 Å². The van der Waals surface area contributed by atoms with E-state index in [1.165, 1.54) is 6.20 Å². The molecule has 0 amide bonds. The zero-order valence-electron chi connectivity index (χ0n) is 10.5. The van der Waals surface area contributed by atoms with E-state index in [0.717, 1.165) is 5.56 Å². The molecule has 0 unspecified atom stereocenters. The van der Waals surface area contributed by atoms with Gasteiger partial charge in [0, 0.05) is 30.0 Å². The molecule has 0 atom stereocenters. The highest BCUT2D eigenvalue weighted by Gasteiger charge is 2.29. The zero-order chi connectivity index (χ0) is 13.8. The standard InChI is InChI=1S/C11H16F3N3O/c1-7(2)15-4-9-5-16-10(17-8(9)3)18-6-11(12,13)14/h5,7,15H,4,6H2,1-3H3. The van der Waals surface area contributed by atoms with Gasteiger partial charge in [0.15, 0.2) is 6.61 Å². The molecule has 1 N–H and O–H groups in total. The molecule has 0 aliphatic carbocycles. The molecule has 0 fully saturated rings. The van der Waals surface area contributed by atoms with E-state index in [0.29, 0.717) is 18.3 Å². The molecule has 0 saturated carbocycles. The van der Waals surface area contributed by atoms with Crippen LogP contribution in [0.4, 0.5) is 13.2 Å². The van der Waals surface area contributed by atoms with Gasteiger partial charge in [0.25, 0.3) is 0 Å². The summed E-state index contributed by atoms with van der Waals surface area (Å²) >= 11 is 0. The highest BCUT2D eigenvalue weighted by Crippen LogP contribution is 2.16. The van der Waals surface area contributed by atoms with Crippen molar-refractivity contribution in [1.82, 2.24) is 15.3 Å². The number of alkyl halides is 3. The fraction of sp³-hybridized carbons (Fsp3) is 0.636. The van der Waals surface area contributed by atoms with Gasteiger partial charge in [-0.3, -0.25) is 0 Å². The molecule has 1 aromatic rings. The lowest BCUT2D eigenvalue weighted by Crippen LogP contribution is -2.23. The van der Waals surface area contributed by atoms with Crippen molar-refractivity contribution in [2.45, 2.75) is 39.5 Å². The molecule has 0 aliphatic heterocycles. The molecule has 0 radical (unpaired) electrons. The number of nitrogens with zero attached hydrogens (tertiary/aromatic N) is 2. The minimum atomic E-state index is -4.38. The second kappa shape index (κ2) is 5.99. The van der Waals surface area contributed by atoms with Gasteiger partial charge in [-0.2, -0.15) is 13.2 Å². The van der Waals surface area contributed by atoms with Crippen molar-refractivity contribution in [2.75, 3.05) is 6.61 Å². The smallest absolute Gasteiger partial charge is 0.422 e. The third-order valence-electron chi connectivity index (χ3n) is 2.12. The van der Waals surface area contributed by atoms with Gasteiger partial charge in [-0.15, -0.1) is 0 Å². The maximum atomic E-state index is 11.9. The molecule has 7 heteroatoms. The molecule has 0 aromatic carbocycles. The summed E-state index contributed by atoms with van der Waals surface area (Å²) in [4.78, 5) is 7.63. The summed E-state index contributed by atoms with van der Waals surface area (Å²) in [6.45, 7) is 4.90. The Morgan fingerprint density at radius 2 is 2.06 bits per heavy atom. The van der Waals surface area contributed by atoms with Crippen LogP contribution in [0.15, 0.2) is 6.20 Å². The molecule has 0 aliphatic rings. The molecule has 1 aromatic heterocycles. The van der Waals surface area contributed by atoms with Crippen molar-refractivity contribution in [1.29, 1.82) is 0 Å². The van der Waals surface area contributed by atoms with Crippen LogP contribution < -0.4 is 10.1 Å². The van der Waals surface area contributed by atoms with E-state index in [-0.39, 0.29) is 6.01 Å². The average Bonchev–Trinajstić information content (AvgIpc) is 2.24. The minimum absolute atomic E-state index is 0.252. The second-order valence-electron chi connectivity index (χ2n) is 4.20. The SMILES string of the molecule is Cc1nc(OCC(F)(F)F)ncc1CNC(C)C. The molecule has 0 spiro atoms. The van der Waals surface area contributed by atoms with E-state index in [1.54, 1.807) is 6.92 Å². The summed E-state index contributed by atoms with van der Waals surface area (Å²) in [5.41, 5.74) is 1.44. The summed E-state index contributed by atoms with van der Waals surface area (Å²) in [6, 6.07) is 0.0590. The summed E-state index contributed by atoms with van der Waals surface area (Å²) < 4.78 is 40.3. The lowest BCUT2D eigenvalue weighted by atomic mass is 10.2. The first kappa shape index (κ1) is 14.7. The predicted molar refractivity (Wildman–Crippen MR) is 60.3 cm³/mol. The molecular weight excluding hydrogens is 247 g/mol. The summed E-state index contributed by atoms with van der Waals surface area (Å²) in [5, 5.41) is 3.18. The largest absolute Gasteiger partial charge is 0.454 e. The molecule has 0 bridgehead atoms. The molecule has 0 saturated heterocycles. The number of hydrogen-bond acceptors (Lipinski definition) is 4. The molecule has 18 heavy (non-hydrogen) atoms. The Bertz CT molecular complexity index is 394. The highest BCUT2D eigenvalue weighted by molar-refractivity contribution is 5.17. The van der Waals surface area contributed by atoms with Crippen molar-refractivity contribution >= 4 is 0 Å². The van der Waals surface area contributed by atoms with E-state index in [1.807, 2.05) is 13.8 Å². The topological polar surface area (TPSA) is 47.0 Å². The maximum Gasteiger partial charge on any atom is 0.422 e. The van der Waals surface area contributed by atoms with E-state index >= 15 is 0 Å². The van der Waals surface area contributed by atoms with Gasteiger partial charge in [-0.25, -0.2) is 9.97 Å². The van der Waals surface area contributed by atoms with Gasteiger partial charge in [0.1, 0.15) is 0 Å². The van der Waals surface area contributed by atoms with E-state index in [4.69, 9.17) is 0 Å². The fourth-order valence-electron chi connectivity index (χ4n) is 1.17. The second-order valence-corrected chi connectivity index (χ2v) is 4.20. The van der Waals surface area contributed by atoms with Gasteiger partial charge in [-0.05, 0) is 6.92 Å².